The number of fused-ring (bicyclic) bond motifs is 1. The van der Waals surface area contributed by atoms with E-state index in [0.29, 0.717) is 30.1 Å². The molecule has 398 valence electrons. The summed E-state index contributed by atoms with van der Waals surface area (Å²) in [5.74, 6) is 3.25. The first kappa shape index (κ1) is 58.3. The van der Waals surface area contributed by atoms with Gasteiger partial charge in [0.2, 0.25) is 0 Å². The summed E-state index contributed by atoms with van der Waals surface area (Å²) in [5.41, 5.74) is 11.7. The van der Waals surface area contributed by atoms with Crippen molar-refractivity contribution in [1.29, 1.82) is 0 Å². The fourth-order valence-corrected chi connectivity index (χ4v) is 8.29. The Morgan fingerprint density at radius 2 is 1.15 bits per heavy atom. The maximum Gasteiger partial charge on any atom is 0.106 e. The summed E-state index contributed by atoms with van der Waals surface area (Å²) in [7, 11) is 0. The Morgan fingerprint density at radius 3 is 1.62 bits per heavy atom. The molecule has 0 aliphatic heterocycles. The fourth-order valence-electron chi connectivity index (χ4n) is 8.29. The average Bonchev–Trinajstić information content (AvgIpc) is 3.96. The number of pyridine rings is 1. The van der Waals surface area contributed by atoms with Crippen molar-refractivity contribution in [3.8, 4) is 11.3 Å². The van der Waals surface area contributed by atoms with E-state index in [2.05, 4.69) is 226 Å². The van der Waals surface area contributed by atoms with E-state index in [-0.39, 0.29) is 11.0 Å². The first-order chi connectivity index (χ1) is 34.5. The lowest BCUT2D eigenvalue weighted by Crippen LogP contribution is -2.24. The summed E-state index contributed by atoms with van der Waals surface area (Å²) in [6.07, 6.45) is 29.7. The Bertz CT molecular complexity index is 2630. The van der Waals surface area contributed by atoms with E-state index in [9.17, 15) is 0 Å². The maximum atomic E-state index is 4.56. The Hall–Kier alpha value is -5.58. The number of nitrogens with zero attached hydrogens (tertiary/aromatic N) is 11. The molecule has 0 saturated heterocycles. The van der Waals surface area contributed by atoms with Gasteiger partial charge in [0.25, 0.3) is 0 Å². The highest BCUT2D eigenvalue weighted by molar-refractivity contribution is 5.57. The third kappa shape index (κ3) is 18.1. The second-order valence-electron chi connectivity index (χ2n) is 23.8. The molecule has 1 aromatic carbocycles. The monoisotopic (exact) mass is 994 g/mol. The van der Waals surface area contributed by atoms with Crippen molar-refractivity contribution in [1.82, 2.24) is 52.7 Å². The van der Waals surface area contributed by atoms with Crippen LogP contribution in [0.4, 0.5) is 0 Å². The Morgan fingerprint density at radius 1 is 0.575 bits per heavy atom. The molecule has 0 radical (unpaired) electrons. The predicted octanol–water partition coefficient (Wildman–Crippen LogP) is 16.2. The van der Waals surface area contributed by atoms with Crippen LogP contribution in [0.5, 0.6) is 0 Å². The average molecular weight is 995 g/mol. The maximum absolute atomic E-state index is 4.56. The van der Waals surface area contributed by atoms with Gasteiger partial charge in [0.05, 0.1) is 53.8 Å². The van der Waals surface area contributed by atoms with Crippen molar-refractivity contribution in [2.45, 2.75) is 235 Å². The van der Waals surface area contributed by atoms with Gasteiger partial charge in [0.15, 0.2) is 0 Å². The zero-order chi connectivity index (χ0) is 53.6. The van der Waals surface area contributed by atoms with Gasteiger partial charge in [-0.05, 0) is 164 Å². The number of hydrogen-bond donors (Lipinski definition) is 0. The Labute approximate surface area is 441 Å². The summed E-state index contributed by atoms with van der Waals surface area (Å²) in [6, 6.07) is 16.7. The Balaban J connectivity index is 0.000000163. The zero-order valence-corrected chi connectivity index (χ0v) is 48.6. The number of imidazole rings is 5. The van der Waals surface area contributed by atoms with E-state index in [1.165, 1.54) is 96.7 Å². The van der Waals surface area contributed by atoms with Crippen LogP contribution < -0.4 is 0 Å². The molecule has 0 atom stereocenters. The SMILES string of the molecule is CC(C)(C)n1cnc2c1CCCC2.CC(C)c1ccc(C(C)(C)C)cn1.CC(C)n1cnc(-c2ccccc2)c1.CC(C)n1cnc(C2CC2)c1.CCc1cn(C(C)C)cn1.Cc1nc(C2CC2)cn1C(C)C. The molecule has 0 amide bonds. The topological polar surface area (TPSA) is 102 Å². The summed E-state index contributed by atoms with van der Waals surface area (Å²) < 4.78 is 11.0. The Kier molecular flexibility index (Phi) is 21.2. The molecule has 10 rings (SSSR count). The molecular weight excluding hydrogens is 899 g/mol. The lowest BCUT2D eigenvalue weighted by molar-refractivity contribution is 0.379. The van der Waals surface area contributed by atoms with Crippen LogP contribution in [0.25, 0.3) is 11.3 Å². The van der Waals surface area contributed by atoms with E-state index in [1.807, 2.05) is 49.7 Å². The normalized spacial score (nSPS) is 14.3. The highest BCUT2D eigenvalue weighted by Crippen LogP contribution is 2.40. The van der Waals surface area contributed by atoms with Gasteiger partial charge in [-0.2, -0.15) is 0 Å². The second-order valence-corrected chi connectivity index (χ2v) is 23.8. The molecule has 2 fully saturated rings. The van der Waals surface area contributed by atoms with Gasteiger partial charge in [-0.1, -0.05) is 77.9 Å². The van der Waals surface area contributed by atoms with Crippen molar-refractivity contribution in [3.05, 3.63) is 144 Å². The lowest BCUT2D eigenvalue weighted by Gasteiger charge is -2.25. The molecule has 6 heterocycles. The molecule has 0 spiro atoms. The van der Waals surface area contributed by atoms with Crippen LogP contribution in [0.15, 0.2) is 98.8 Å². The second kappa shape index (κ2) is 26.6. The van der Waals surface area contributed by atoms with Crippen molar-refractivity contribution in [2.24, 2.45) is 0 Å². The molecule has 11 heteroatoms. The van der Waals surface area contributed by atoms with Crippen LogP contribution >= 0.6 is 0 Å². The molecule has 0 unspecified atom stereocenters. The first-order valence-electron chi connectivity index (χ1n) is 27.7. The molecule has 0 N–H and O–H groups in total. The number of aryl methyl sites for hydroxylation is 3. The lowest BCUT2D eigenvalue weighted by atomic mass is 9.88. The number of aromatic nitrogens is 11. The highest BCUT2D eigenvalue weighted by atomic mass is 15.1. The molecular formula is C62H95N11. The first-order valence-corrected chi connectivity index (χ1v) is 27.7. The molecule has 2 saturated carbocycles. The minimum Gasteiger partial charge on any atom is -0.335 e. The largest absolute Gasteiger partial charge is 0.335 e. The van der Waals surface area contributed by atoms with Gasteiger partial charge in [-0.25, -0.2) is 24.9 Å². The summed E-state index contributed by atoms with van der Waals surface area (Å²) in [6.45, 7) is 39.2. The minimum absolute atomic E-state index is 0.192. The van der Waals surface area contributed by atoms with Crippen LogP contribution in [0.3, 0.4) is 0 Å². The predicted molar refractivity (Wildman–Crippen MR) is 305 cm³/mol. The minimum atomic E-state index is 0.192. The third-order valence-electron chi connectivity index (χ3n) is 13.6. The summed E-state index contributed by atoms with van der Waals surface area (Å²) in [5, 5.41) is 0. The molecule has 11 nitrogen and oxygen atoms in total. The van der Waals surface area contributed by atoms with Crippen molar-refractivity contribution in [3.63, 3.8) is 0 Å². The quantitative estimate of drug-likeness (QED) is 0.143. The van der Waals surface area contributed by atoms with E-state index in [4.69, 9.17) is 0 Å². The smallest absolute Gasteiger partial charge is 0.106 e. The van der Waals surface area contributed by atoms with Crippen LogP contribution in [0, 0.1) is 6.92 Å². The standard InChI is InChI=1S/C12H14N2.C12H19N.C11H18N2.C10H16N2.C9H14N2.C8H14N2/c1-10(2)14-8-12(13-9-14)11-6-4-3-5-7-11;1-9(2)11-7-6-10(8-13-11)12(3,4)5;1-11(2,3)13-8-12-9-6-4-5-7-10(9)13;1-7(2)12-6-10(9-4-5-9)11-8(12)3;1-7(2)11-5-9(10-6-11)8-3-4-8;1-4-8-5-10(6-9-8)7(2)3/h3-10H,1-2H3;6-9H,1-5H3;8H,4-7H2,1-3H3;6-7,9H,4-5H2,1-3H3;5-8H,3-4H2,1-2H3;5-7H,4H2,1-3H3. The van der Waals surface area contributed by atoms with Gasteiger partial charge < -0.3 is 22.8 Å². The van der Waals surface area contributed by atoms with Gasteiger partial charge in [-0.15, -0.1) is 0 Å². The molecule has 3 aliphatic carbocycles. The number of hydrogen-bond acceptors (Lipinski definition) is 6. The van der Waals surface area contributed by atoms with Crippen LogP contribution in [-0.2, 0) is 30.2 Å². The molecule has 6 aromatic heterocycles. The fraction of sp³-hybridized carbons (Fsp3) is 0.581. The van der Waals surface area contributed by atoms with Gasteiger partial charge in [0, 0.05) is 89.5 Å². The highest BCUT2D eigenvalue weighted by Gasteiger charge is 2.27. The van der Waals surface area contributed by atoms with Crippen LogP contribution in [-0.4, -0.2) is 52.7 Å². The van der Waals surface area contributed by atoms with Gasteiger partial charge >= 0.3 is 0 Å². The third-order valence-corrected chi connectivity index (χ3v) is 13.6. The summed E-state index contributed by atoms with van der Waals surface area (Å²) in [4.78, 5) is 26.4. The van der Waals surface area contributed by atoms with Crippen LogP contribution in [0.1, 0.15) is 244 Å². The molecule has 7 aromatic rings. The number of rotatable bonds is 9. The van der Waals surface area contributed by atoms with E-state index >= 15 is 0 Å². The molecule has 0 bridgehead atoms. The van der Waals surface area contributed by atoms with Crippen LogP contribution in [0.2, 0.25) is 0 Å². The van der Waals surface area contributed by atoms with E-state index < -0.39 is 0 Å². The summed E-state index contributed by atoms with van der Waals surface area (Å²) >= 11 is 0. The van der Waals surface area contributed by atoms with Crippen molar-refractivity contribution in [2.75, 3.05) is 0 Å². The molecule has 3 aliphatic rings. The van der Waals surface area contributed by atoms with Gasteiger partial charge in [0.1, 0.15) is 5.82 Å². The van der Waals surface area contributed by atoms with E-state index in [1.54, 1.807) is 0 Å². The zero-order valence-electron chi connectivity index (χ0n) is 48.6. The van der Waals surface area contributed by atoms with E-state index in [0.717, 1.165) is 29.8 Å². The number of benzene rings is 1. The van der Waals surface area contributed by atoms with Crippen molar-refractivity contribution < 1.29 is 0 Å². The van der Waals surface area contributed by atoms with Gasteiger partial charge in [-0.3, -0.25) is 4.98 Å². The molecule has 73 heavy (non-hydrogen) atoms. The van der Waals surface area contributed by atoms with Crippen molar-refractivity contribution >= 4 is 0 Å².